The standard InChI is InChI=1S/C56H71FN14O14S2/c1-30(72)46-55(83)66-44(54(82)68-47(31(2)73)56(84)85)29-87-86-28-43(65-50(78)39(22-32-10-4-3-5-11-32)61-45(75)26-60-48(76)42-27-71(21-19-57)70-69-42)53(81)63-40(23-33-15-17-35(74)18-16-33)51(79)64-41(24-34-25-59-37-13-7-6-12-36(34)37)52(80)62-38(49(77)67-46)14-8-9-20-58/h3-7,10-13,15-18,25,27,30-31,38-41,43-44,46-47,59,72-74H,8-9,14,19-24,26,28-29,58H2,1-2H3,(H,60,76)(H,61,75)(H,62,80)(H,63,81)(H,64,79)(H,65,78)(H,66,83)(H,67,77)(H,68,82)(H,84,85)/t30-,31-,38+,39-,40+,41-,43+,44+,46+,47+/m1/s1. The Labute approximate surface area is 506 Å². The minimum absolute atomic E-state index is 0.0705. The van der Waals surface area contributed by atoms with Gasteiger partial charge >= 0.3 is 5.97 Å². The maximum Gasteiger partial charge on any atom is 0.328 e. The number of nitrogens with zero attached hydrogens (tertiary/aromatic N) is 3. The number of rotatable bonds is 23. The first-order valence-corrected chi connectivity index (χ1v) is 30.2. The van der Waals surface area contributed by atoms with Gasteiger partial charge in [-0.25, -0.2) is 13.9 Å². The van der Waals surface area contributed by atoms with Crippen molar-refractivity contribution in [1.82, 2.24) is 67.8 Å². The molecule has 9 amide bonds. The first-order valence-electron chi connectivity index (χ1n) is 27.7. The third-order valence-corrected chi connectivity index (χ3v) is 16.1. The number of halogens is 1. The molecule has 28 nitrogen and oxygen atoms in total. The first kappa shape index (κ1) is 67.5. The van der Waals surface area contributed by atoms with Gasteiger partial charge in [0.2, 0.25) is 47.3 Å². The SMILES string of the molecule is C[C@@H](O)[C@H](NC(=O)[C@@H]1CSSC[C@H](NC(=O)[C@@H](Cc2ccccc2)NC(=O)CNC(=O)c2cn(CCF)nn2)C(=O)N[C@@H](Cc2ccc(O)cc2)C(=O)N[C@H](Cc2c[nH]c3ccccc23)C(=O)N[C@@H](CCCCN)C(=O)N[C@@H]([C@@H](C)O)C(=O)N1)C(=O)O. The molecule has 0 spiro atoms. The first-order chi connectivity index (χ1) is 41.6. The van der Waals surface area contributed by atoms with Gasteiger partial charge in [0.25, 0.3) is 5.91 Å². The van der Waals surface area contributed by atoms with E-state index in [-0.39, 0.29) is 56.6 Å². The number of alkyl halides is 1. The second kappa shape index (κ2) is 33.3. The highest BCUT2D eigenvalue weighted by atomic mass is 33.1. The van der Waals surface area contributed by atoms with E-state index in [2.05, 4.69) is 63.1 Å². The average Bonchev–Trinajstić information content (AvgIpc) is 3.26. The fraction of sp³-hybridized carbons (Fsp3) is 0.429. The van der Waals surface area contributed by atoms with Crippen LogP contribution in [-0.4, -0.2) is 191 Å². The van der Waals surface area contributed by atoms with E-state index >= 15 is 9.59 Å². The summed E-state index contributed by atoms with van der Waals surface area (Å²) in [7, 11) is 1.67. The zero-order valence-electron chi connectivity index (χ0n) is 47.4. The molecule has 10 atom stereocenters. The van der Waals surface area contributed by atoms with Crippen molar-refractivity contribution in [3.8, 4) is 5.75 Å². The number of carbonyl (C=O) groups is 10. The topological polar surface area (TPSA) is 432 Å². The number of phenolic OH excluding ortho intramolecular Hbond substituents is 1. The number of unbranched alkanes of at least 4 members (excludes halogenated alkanes) is 1. The lowest BCUT2D eigenvalue weighted by molar-refractivity contribution is -0.145. The normalized spacial score (nSPS) is 20.6. The van der Waals surface area contributed by atoms with Crippen LogP contribution in [0.15, 0.2) is 91.3 Å². The highest BCUT2D eigenvalue weighted by molar-refractivity contribution is 8.76. The van der Waals surface area contributed by atoms with Gasteiger partial charge in [-0.1, -0.05) is 87.5 Å². The Morgan fingerprint density at radius 1 is 0.770 bits per heavy atom. The number of fused-ring (bicyclic) bond motifs is 1. The van der Waals surface area contributed by atoms with Crippen molar-refractivity contribution in [2.24, 2.45) is 5.73 Å². The molecule has 468 valence electrons. The van der Waals surface area contributed by atoms with Crippen LogP contribution in [0.1, 0.15) is 60.3 Å². The number of carboxylic acid groups (broad SMARTS) is 1. The number of benzene rings is 3. The fourth-order valence-corrected chi connectivity index (χ4v) is 11.3. The van der Waals surface area contributed by atoms with Gasteiger partial charge in [-0.3, -0.25) is 43.2 Å². The number of aromatic nitrogens is 4. The third kappa shape index (κ3) is 20.5. The van der Waals surface area contributed by atoms with Crippen LogP contribution >= 0.6 is 21.6 Å². The molecule has 1 fully saturated rings. The molecule has 3 aromatic carbocycles. The summed E-state index contributed by atoms with van der Waals surface area (Å²) in [5.74, 6) is -11.3. The van der Waals surface area contributed by atoms with Crippen molar-refractivity contribution in [3.63, 3.8) is 0 Å². The third-order valence-electron chi connectivity index (χ3n) is 13.7. The summed E-state index contributed by atoms with van der Waals surface area (Å²) >= 11 is 0. The molecule has 0 aliphatic carbocycles. The van der Waals surface area contributed by atoms with Crippen LogP contribution < -0.4 is 53.6 Å². The second-order valence-electron chi connectivity index (χ2n) is 20.4. The molecule has 16 N–H and O–H groups in total. The number of amides is 9. The molecule has 3 heterocycles. The Morgan fingerprint density at radius 3 is 2.10 bits per heavy atom. The molecule has 6 rings (SSSR count). The average molecular weight is 1250 g/mol. The van der Waals surface area contributed by atoms with Gasteiger partial charge in [0.1, 0.15) is 54.7 Å². The monoisotopic (exact) mass is 1250 g/mol. The molecule has 87 heavy (non-hydrogen) atoms. The molecular formula is C56H71FN14O14S2. The van der Waals surface area contributed by atoms with E-state index in [1.807, 2.05) is 0 Å². The lowest BCUT2D eigenvalue weighted by Crippen LogP contribution is -2.62. The molecule has 31 heteroatoms. The van der Waals surface area contributed by atoms with Gasteiger partial charge in [-0.2, -0.15) is 0 Å². The lowest BCUT2D eigenvalue weighted by atomic mass is 10.0. The number of aliphatic hydroxyl groups excluding tert-OH is 2. The molecule has 0 unspecified atom stereocenters. The summed E-state index contributed by atoms with van der Waals surface area (Å²) in [4.78, 5) is 144. The van der Waals surface area contributed by atoms with E-state index in [1.165, 1.54) is 37.4 Å². The number of hydrogen-bond donors (Lipinski definition) is 15. The van der Waals surface area contributed by atoms with Crippen LogP contribution in [-0.2, 0) is 69.0 Å². The summed E-state index contributed by atoms with van der Waals surface area (Å²) in [6.07, 6.45) is -0.593. The zero-order valence-corrected chi connectivity index (χ0v) is 49.0. The molecule has 1 aliphatic heterocycles. The maximum atomic E-state index is 15.0. The molecule has 5 aromatic rings. The maximum absolute atomic E-state index is 15.0. The van der Waals surface area contributed by atoms with Gasteiger partial charge in [0.05, 0.1) is 31.5 Å². The van der Waals surface area contributed by atoms with Crippen LogP contribution in [0.3, 0.4) is 0 Å². The molecular weight excluding hydrogens is 1180 g/mol. The number of H-pyrrole nitrogens is 1. The number of phenols is 1. The minimum atomic E-state index is -1.89. The van der Waals surface area contributed by atoms with Crippen molar-refractivity contribution in [2.75, 3.05) is 31.3 Å². The van der Waals surface area contributed by atoms with Crippen molar-refractivity contribution >= 4 is 91.6 Å². The number of nitrogens with two attached hydrogens (primary N) is 1. The number of aliphatic hydroxyl groups is 2. The van der Waals surface area contributed by atoms with Gasteiger partial charge in [0, 0.05) is 47.9 Å². The van der Waals surface area contributed by atoms with E-state index in [1.54, 1.807) is 60.8 Å². The fourth-order valence-electron chi connectivity index (χ4n) is 8.97. The number of aliphatic carboxylic acids is 1. The van der Waals surface area contributed by atoms with Crippen LogP contribution in [0.25, 0.3) is 10.9 Å². The van der Waals surface area contributed by atoms with E-state index in [0.29, 0.717) is 34.0 Å². The summed E-state index contributed by atoms with van der Waals surface area (Å²) in [5, 5.41) is 72.2. The predicted molar refractivity (Wildman–Crippen MR) is 317 cm³/mol. The summed E-state index contributed by atoms with van der Waals surface area (Å²) < 4.78 is 14.0. The van der Waals surface area contributed by atoms with E-state index in [4.69, 9.17) is 5.73 Å². The number of aryl methyl sites for hydroxylation is 1. The van der Waals surface area contributed by atoms with Gasteiger partial charge in [-0.15, -0.1) is 5.10 Å². The highest BCUT2D eigenvalue weighted by Crippen LogP contribution is 2.25. The van der Waals surface area contributed by atoms with Crippen molar-refractivity contribution in [2.45, 2.75) is 119 Å². The number of hydrogen-bond acceptors (Lipinski definition) is 18. The molecule has 0 saturated carbocycles. The Morgan fingerprint density at radius 2 is 1.43 bits per heavy atom. The lowest BCUT2D eigenvalue weighted by Gasteiger charge is -2.29. The highest BCUT2D eigenvalue weighted by Gasteiger charge is 2.37. The Kier molecular flexibility index (Phi) is 25.8. The molecule has 0 radical (unpaired) electrons. The van der Waals surface area contributed by atoms with Crippen LogP contribution in [0.5, 0.6) is 5.75 Å². The molecule has 1 aliphatic rings. The Hall–Kier alpha value is -8.65. The number of aromatic amines is 1. The smallest absolute Gasteiger partial charge is 0.328 e. The largest absolute Gasteiger partial charge is 0.508 e. The zero-order chi connectivity index (χ0) is 63.2. The number of carboxylic acids is 1. The van der Waals surface area contributed by atoms with E-state index < -0.39 is 144 Å². The molecule has 0 bridgehead atoms. The summed E-state index contributed by atoms with van der Waals surface area (Å²) in [6, 6.07) is 8.14. The Bertz CT molecular complexity index is 3190. The quantitative estimate of drug-likeness (QED) is 0.0252. The van der Waals surface area contributed by atoms with Crippen molar-refractivity contribution in [3.05, 3.63) is 114 Å². The summed E-state index contributed by atoms with van der Waals surface area (Å²) in [5.41, 5.74) is 7.76. The number of aromatic hydroxyl groups is 1. The number of nitrogens with one attached hydrogen (secondary N) is 10. The van der Waals surface area contributed by atoms with Gasteiger partial charge in [0.15, 0.2) is 11.7 Å². The van der Waals surface area contributed by atoms with Crippen LogP contribution in [0, 0.1) is 0 Å². The minimum Gasteiger partial charge on any atom is -0.508 e. The second-order valence-corrected chi connectivity index (χ2v) is 23.0. The van der Waals surface area contributed by atoms with Gasteiger partial charge in [-0.05, 0) is 74.5 Å². The van der Waals surface area contributed by atoms with Crippen LogP contribution in [0.4, 0.5) is 4.39 Å². The molecule has 2 aromatic heterocycles. The summed E-state index contributed by atoms with van der Waals surface area (Å²) in [6.45, 7) is 0.815. The van der Waals surface area contributed by atoms with E-state index in [0.717, 1.165) is 33.2 Å². The van der Waals surface area contributed by atoms with Crippen molar-refractivity contribution in [1.29, 1.82) is 0 Å². The van der Waals surface area contributed by atoms with E-state index in [9.17, 15) is 63.2 Å². The number of para-hydroxylation sites is 1. The van der Waals surface area contributed by atoms with Crippen LogP contribution in [0.2, 0.25) is 0 Å². The predicted octanol–water partition coefficient (Wildman–Crippen LogP) is -1.86. The molecule has 1 saturated heterocycles. The van der Waals surface area contributed by atoms with Crippen molar-refractivity contribution < 1.29 is 72.8 Å². The Balaban J connectivity index is 1.40. The van der Waals surface area contributed by atoms with Gasteiger partial charge < -0.3 is 79.0 Å². The number of carbonyl (C=O) groups excluding carboxylic acids is 9.